The molecule has 0 spiro atoms. The summed E-state index contributed by atoms with van der Waals surface area (Å²) >= 11 is 20.3. The second kappa shape index (κ2) is 3.36. The van der Waals surface area contributed by atoms with Crippen LogP contribution in [0.15, 0.2) is 0 Å². The highest BCUT2D eigenvalue weighted by atomic mass is 35.6. The topological polar surface area (TPSA) is 57.5 Å². The number of hydrogen-bond acceptors (Lipinski definition) is 1. The van der Waals surface area contributed by atoms with Gasteiger partial charge in [-0.1, -0.05) is 34.8 Å². The van der Waals surface area contributed by atoms with Gasteiger partial charge in [-0.3, -0.25) is 4.57 Å². The third-order valence-electron chi connectivity index (χ3n) is 0.565. The van der Waals surface area contributed by atoms with E-state index < -0.39 is 16.5 Å². The van der Waals surface area contributed by atoms with Gasteiger partial charge in [0.15, 0.2) is 5.12 Å². The molecule has 1 unspecified atom stereocenters. The average molecular weight is 248 g/mol. The van der Waals surface area contributed by atoms with E-state index >= 15 is 0 Å². The van der Waals surface area contributed by atoms with Crippen molar-refractivity contribution in [2.75, 3.05) is 0 Å². The van der Waals surface area contributed by atoms with Crippen molar-refractivity contribution in [1.29, 1.82) is 0 Å². The highest BCUT2D eigenvalue weighted by Gasteiger charge is 2.43. The molecule has 62 valence electrons. The van der Waals surface area contributed by atoms with E-state index in [1.54, 1.807) is 0 Å². The van der Waals surface area contributed by atoms with Crippen LogP contribution in [0.3, 0.4) is 0 Å². The number of hydrogen-bond donors (Lipinski definition) is 2. The van der Waals surface area contributed by atoms with Crippen molar-refractivity contribution in [3.63, 3.8) is 0 Å². The van der Waals surface area contributed by atoms with Gasteiger partial charge in [0.05, 0.1) is 0 Å². The third-order valence-corrected chi connectivity index (χ3v) is 4.08. The van der Waals surface area contributed by atoms with Crippen LogP contribution >= 0.6 is 54.0 Å². The van der Waals surface area contributed by atoms with E-state index in [1.165, 1.54) is 0 Å². The van der Waals surface area contributed by atoms with E-state index in [9.17, 15) is 4.57 Å². The lowest BCUT2D eigenvalue weighted by Gasteiger charge is -2.18. The first-order valence-corrected chi connectivity index (χ1v) is 5.17. The van der Waals surface area contributed by atoms with Gasteiger partial charge in [-0.15, -0.1) is 11.6 Å². The highest BCUT2D eigenvalue weighted by molar-refractivity contribution is 7.55. The summed E-state index contributed by atoms with van der Waals surface area (Å²) in [5.41, 5.74) is 0. The standard InChI is InChI=1S/C2H3Cl4O3P/c3-1(2(4,5)6)10(7,8)9/h1H,(H2,7,8,9). The summed E-state index contributed by atoms with van der Waals surface area (Å²) in [6, 6.07) is 0. The maximum absolute atomic E-state index is 10.3. The molecule has 0 saturated carbocycles. The molecule has 0 aliphatic heterocycles. The smallest absolute Gasteiger partial charge is 0.323 e. The molecule has 0 radical (unpaired) electrons. The zero-order valence-corrected chi connectivity index (χ0v) is 8.26. The summed E-state index contributed by atoms with van der Waals surface area (Å²) < 4.78 is 8.15. The van der Waals surface area contributed by atoms with Crippen molar-refractivity contribution < 1.29 is 14.4 Å². The monoisotopic (exact) mass is 246 g/mol. The number of rotatable bonds is 1. The van der Waals surface area contributed by atoms with Gasteiger partial charge >= 0.3 is 7.60 Å². The normalized spacial score (nSPS) is 17.0. The molecule has 0 bridgehead atoms. The van der Waals surface area contributed by atoms with Gasteiger partial charge in [0.1, 0.15) is 0 Å². The number of halogens is 4. The summed E-state index contributed by atoms with van der Waals surface area (Å²) in [5, 5.41) is -1.80. The van der Waals surface area contributed by atoms with Crippen LogP contribution in [0.25, 0.3) is 0 Å². The van der Waals surface area contributed by atoms with Gasteiger partial charge in [0.2, 0.25) is 3.79 Å². The van der Waals surface area contributed by atoms with E-state index in [0.29, 0.717) is 0 Å². The predicted molar refractivity (Wildman–Crippen MR) is 42.0 cm³/mol. The predicted octanol–water partition coefficient (Wildman–Crippen LogP) is 2.10. The zero-order valence-electron chi connectivity index (χ0n) is 4.34. The van der Waals surface area contributed by atoms with Crippen molar-refractivity contribution in [2.24, 2.45) is 0 Å². The van der Waals surface area contributed by atoms with Gasteiger partial charge in [0.25, 0.3) is 0 Å². The minimum Gasteiger partial charge on any atom is -0.323 e. The Hall–Kier alpha value is 1.31. The second-order valence-electron chi connectivity index (χ2n) is 1.47. The molecule has 0 amide bonds. The van der Waals surface area contributed by atoms with Crippen LogP contribution in [-0.4, -0.2) is 18.7 Å². The summed E-state index contributed by atoms with van der Waals surface area (Å²) in [4.78, 5) is 16.7. The Bertz CT molecular complexity index is 158. The van der Waals surface area contributed by atoms with Gasteiger partial charge in [-0.05, 0) is 0 Å². The largest absolute Gasteiger partial charge is 0.347 e. The molecule has 0 aromatic rings. The van der Waals surface area contributed by atoms with Crippen LogP contribution < -0.4 is 0 Å². The summed E-state index contributed by atoms with van der Waals surface area (Å²) in [7, 11) is -4.51. The lowest BCUT2D eigenvalue weighted by molar-refractivity contribution is 0.369. The molecule has 0 heterocycles. The highest BCUT2D eigenvalue weighted by Crippen LogP contribution is 2.54. The van der Waals surface area contributed by atoms with Crippen LogP contribution in [0.4, 0.5) is 0 Å². The first-order chi connectivity index (χ1) is 4.15. The maximum Gasteiger partial charge on any atom is 0.347 e. The molecule has 0 aromatic carbocycles. The Kier molecular flexibility index (Phi) is 3.80. The molecule has 3 nitrogen and oxygen atoms in total. The quantitative estimate of drug-likeness (QED) is 0.551. The molecule has 10 heavy (non-hydrogen) atoms. The van der Waals surface area contributed by atoms with E-state index in [0.717, 1.165) is 0 Å². The van der Waals surface area contributed by atoms with Crippen molar-refractivity contribution in [3.8, 4) is 0 Å². The van der Waals surface area contributed by atoms with E-state index in [4.69, 9.17) is 56.2 Å². The fourth-order valence-corrected chi connectivity index (χ4v) is 1.72. The number of alkyl halides is 4. The first-order valence-electron chi connectivity index (χ1n) is 1.91. The van der Waals surface area contributed by atoms with Crippen molar-refractivity contribution in [3.05, 3.63) is 0 Å². The van der Waals surface area contributed by atoms with Gasteiger partial charge in [-0.25, -0.2) is 0 Å². The Balaban J connectivity index is 4.39. The Labute approximate surface area is 77.4 Å². The van der Waals surface area contributed by atoms with Crippen LogP contribution in [0, 0.1) is 0 Å². The van der Waals surface area contributed by atoms with Gasteiger partial charge in [0, 0.05) is 0 Å². The van der Waals surface area contributed by atoms with E-state index in [1.807, 2.05) is 0 Å². The van der Waals surface area contributed by atoms with E-state index in [-0.39, 0.29) is 0 Å². The maximum atomic E-state index is 10.3. The van der Waals surface area contributed by atoms with Crippen LogP contribution in [0.2, 0.25) is 0 Å². The first kappa shape index (κ1) is 11.3. The van der Waals surface area contributed by atoms with Crippen LogP contribution in [-0.2, 0) is 4.57 Å². The molecule has 0 aromatic heterocycles. The molecule has 0 aliphatic carbocycles. The Morgan fingerprint density at radius 1 is 1.30 bits per heavy atom. The fraction of sp³-hybridized carbons (Fsp3) is 1.00. The second-order valence-corrected chi connectivity index (χ2v) is 6.27. The lowest BCUT2D eigenvalue weighted by Crippen LogP contribution is -2.19. The Morgan fingerprint density at radius 3 is 1.60 bits per heavy atom. The van der Waals surface area contributed by atoms with Gasteiger partial charge < -0.3 is 9.79 Å². The lowest BCUT2D eigenvalue weighted by atomic mass is 10.9. The summed E-state index contributed by atoms with van der Waals surface area (Å²) in [5.74, 6) is 0. The van der Waals surface area contributed by atoms with Crippen LogP contribution in [0.1, 0.15) is 0 Å². The molecular formula is C2H3Cl4O3P. The summed E-state index contributed by atoms with van der Waals surface area (Å²) in [6.07, 6.45) is 0. The molecule has 0 aliphatic rings. The molecular weight excluding hydrogens is 245 g/mol. The average Bonchev–Trinajstić information content (AvgIpc) is 1.59. The molecule has 0 rings (SSSR count). The Morgan fingerprint density at radius 2 is 1.60 bits per heavy atom. The minimum atomic E-state index is -4.51. The van der Waals surface area contributed by atoms with E-state index in [2.05, 4.69) is 0 Å². The van der Waals surface area contributed by atoms with Crippen molar-refractivity contribution >= 4 is 54.0 Å². The molecule has 0 fully saturated rings. The van der Waals surface area contributed by atoms with Crippen molar-refractivity contribution in [2.45, 2.75) is 8.91 Å². The van der Waals surface area contributed by atoms with Crippen LogP contribution in [0.5, 0.6) is 0 Å². The molecule has 2 N–H and O–H groups in total. The van der Waals surface area contributed by atoms with Gasteiger partial charge in [-0.2, -0.15) is 0 Å². The van der Waals surface area contributed by atoms with Crippen molar-refractivity contribution in [1.82, 2.24) is 0 Å². The third kappa shape index (κ3) is 3.63. The SMILES string of the molecule is O=P(O)(O)C(Cl)C(Cl)(Cl)Cl. The zero-order chi connectivity index (χ0) is 8.58. The molecule has 1 atom stereocenters. The fourth-order valence-electron chi connectivity index (χ4n) is 0.191. The molecule has 0 saturated heterocycles. The summed E-state index contributed by atoms with van der Waals surface area (Å²) in [6.45, 7) is 0. The molecule has 8 heteroatoms. The minimum absolute atomic E-state index is 1.80.